The Kier molecular flexibility index (Phi) is 13.5. The molecule has 0 bridgehead atoms. The summed E-state index contributed by atoms with van der Waals surface area (Å²) in [6.45, 7) is 3.30. The third-order valence-corrected chi connectivity index (χ3v) is 12.3. The number of aliphatic hydroxyl groups excluding tert-OH is 1. The molecule has 2 saturated heterocycles. The number of fused-ring (bicyclic) bond motifs is 1. The Morgan fingerprint density at radius 3 is 2.44 bits per heavy atom. The highest BCUT2D eigenvalue weighted by molar-refractivity contribution is 6.33. The first kappa shape index (κ1) is 43.9. The number of amides is 6. The Morgan fingerprint density at radius 1 is 0.938 bits per heavy atom. The number of nitrogens with zero attached hydrogens (tertiary/aromatic N) is 5. The first-order chi connectivity index (χ1) is 31.0. The maximum Gasteiger partial charge on any atom is 0.317 e. The van der Waals surface area contributed by atoms with Gasteiger partial charge in [0.25, 0.3) is 11.8 Å². The van der Waals surface area contributed by atoms with E-state index in [-0.39, 0.29) is 54.3 Å². The average molecular weight is 888 g/mol. The smallest absolute Gasteiger partial charge is 0.317 e. The quantitative estimate of drug-likeness (QED) is 0.0792. The van der Waals surface area contributed by atoms with Crippen LogP contribution in [0, 0.1) is 11.8 Å². The second-order valence-corrected chi connectivity index (χ2v) is 16.8. The minimum absolute atomic E-state index is 0.0406. The summed E-state index contributed by atoms with van der Waals surface area (Å²) in [5.74, 6) is 5.23. The minimum Gasteiger partial charge on any atom is -0.391 e. The first-order valence-corrected chi connectivity index (χ1v) is 21.9. The molecule has 4 aliphatic rings. The normalized spacial score (nSPS) is 20.1. The van der Waals surface area contributed by atoms with Gasteiger partial charge in [-0.1, -0.05) is 35.6 Å². The number of halogens is 1. The Labute approximate surface area is 375 Å². The molecule has 1 saturated carbocycles. The van der Waals surface area contributed by atoms with Gasteiger partial charge in [-0.3, -0.25) is 24.5 Å². The molecule has 0 radical (unpaired) electrons. The van der Waals surface area contributed by atoms with E-state index in [1.807, 2.05) is 35.2 Å². The number of para-hydroxylation sites is 1. The lowest BCUT2D eigenvalue weighted by Gasteiger charge is -2.37. The number of anilines is 5. The SMILES string of the molecule is NC(=O)c1ccccc1Nc1nc(Nc2ccc(N3CCN(C(=O)NC4CCC(NCC(O)CC#Cc5ccc6c(c5)CN(C5CCC(=O)NC5=O)C6=O)CC4)CC3)cc2)ncc1Cl. The molecular weight excluding hydrogens is 838 g/mol. The average Bonchev–Trinajstić information content (AvgIpc) is 3.62. The summed E-state index contributed by atoms with van der Waals surface area (Å²) in [7, 11) is 0. The van der Waals surface area contributed by atoms with Gasteiger partial charge in [0, 0.05) is 86.7 Å². The van der Waals surface area contributed by atoms with Gasteiger partial charge in [0.1, 0.15) is 11.1 Å². The Balaban J connectivity index is 0.721. The third-order valence-electron chi connectivity index (χ3n) is 12.0. The second kappa shape index (κ2) is 19.8. The van der Waals surface area contributed by atoms with Gasteiger partial charge in [-0.15, -0.1) is 0 Å². The highest BCUT2D eigenvalue weighted by Crippen LogP contribution is 2.30. The molecule has 2 atom stereocenters. The van der Waals surface area contributed by atoms with Gasteiger partial charge >= 0.3 is 6.03 Å². The summed E-state index contributed by atoms with van der Waals surface area (Å²) in [6, 6.07) is 19.7. The van der Waals surface area contributed by atoms with E-state index in [9.17, 15) is 29.1 Å². The number of carbonyl (C=O) groups is 5. The number of piperidine rings is 1. The number of imide groups is 1. The molecule has 3 fully saturated rings. The predicted molar refractivity (Wildman–Crippen MR) is 241 cm³/mol. The zero-order valence-corrected chi connectivity index (χ0v) is 35.9. The monoisotopic (exact) mass is 887 g/mol. The van der Waals surface area contributed by atoms with E-state index in [2.05, 4.69) is 53.3 Å². The molecule has 2 unspecified atom stereocenters. The zero-order chi connectivity index (χ0) is 44.7. The van der Waals surface area contributed by atoms with Crippen LogP contribution in [-0.2, 0) is 16.1 Å². The number of rotatable bonds is 12. The summed E-state index contributed by atoms with van der Waals surface area (Å²) in [5, 5.41) is 26.2. The number of urea groups is 1. The molecule has 3 aliphatic heterocycles. The first-order valence-electron chi connectivity index (χ1n) is 21.5. The van der Waals surface area contributed by atoms with Crippen LogP contribution in [0.5, 0.6) is 0 Å². The van der Waals surface area contributed by atoms with E-state index in [4.69, 9.17) is 17.3 Å². The van der Waals surface area contributed by atoms with Gasteiger partial charge < -0.3 is 46.8 Å². The van der Waals surface area contributed by atoms with Crippen molar-refractivity contribution in [2.75, 3.05) is 48.3 Å². The van der Waals surface area contributed by atoms with E-state index >= 15 is 0 Å². The number of primary amides is 1. The van der Waals surface area contributed by atoms with E-state index in [1.54, 1.807) is 36.4 Å². The Morgan fingerprint density at radius 2 is 1.69 bits per heavy atom. The summed E-state index contributed by atoms with van der Waals surface area (Å²) in [5.41, 5.74) is 10.2. The lowest BCUT2D eigenvalue weighted by molar-refractivity contribution is -0.136. The number of piperazine rings is 1. The number of nitrogens with two attached hydrogens (primary N) is 1. The maximum atomic E-state index is 13.2. The molecule has 17 nitrogen and oxygen atoms in total. The van der Waals surface area contributed by atoms with Crippen molar-refractivity contribution in [2.24, 2.45) is 5.73 Å². The van der Waals surface area contributed by atoms with E-state index in [0.717, 1.165) is 48.2 Å². The van der Waals surface area contributed by atoms with Crippen LogP contribution in [0.1, 0.15) is 76.8 Å². The molecule has 332 valence electrons. The molecule has 4 aromatic rings. The second-order valence-electron chi connectivity index (χ2n) is 16.4. The minimum atomic E-state index is -0.664. The lowest BCUT2D eigenvalue weighted by Crippen LogP contribution is -2.54. The fourth-order valence-electron chi connectivity index (χ4n) is 8.51. The molecular formula is C46H50ClN11O6. The van der Waals surface area contributed by atoms with Crippen molar-refractivity contribution in [3.63, 3.8) is 0 Å². The van der Waals surface area contributed by atoms with Crippen LogP contribution in [0.2, 0.25) is 5.02 Å². The van der Waals surface area contributed by atoms with Gasteiger partial charge in [-0.05, 0) is 92.3 Å². The number of aromatic nitrogens is 2. The number of aliphatic hydroxyl groups is 1. The van der Waals surface area contributed by atoms with Crippen LogP contribution in [0.15, 0.2) is 72.9 Å². The van der Waals surface area contributed by atoms with Gasteiger partial charge in [-0.25, -0.2) is 9.78 Å². The molecule has 8 N–H and O–H groups in total. The highest BCUT2D eigenvalue weighted by atomic mass is 35.5. The third kappa shape index (κ3) is 10.5. The fourth-order valence-corrected chi connectivity index (χ4v) is 8.65. The van der Waals surface area contributed by atoms with Gasteiger partial charge in [0.2, 0.25) is 17.8 Å². The van der Waals surface area contributed by atoms with Crippen molar-refractivity contribution < 1.29 is 29.1 Å². The van der Waals surface area contributed by atoms with E-state index in [1.165, 1.54) is 11.1 Å². The molecule has 1 aliphatic carbocycles. The highest BCUT2D eigenvalue weighted by Gasteiger charge is 2.39. The van der Waals surface area contributed by atoms with Crippen molar-refractivity contribution >= 4 is 70.1 Å². The zero-order valence-electron chi connectivity index (χ0n) is 35.1. The predicted octanol–water partition coefficient (Wildman–Crippen LogP) is 4.01. The van der Waals surface area contributed by atoms with Crippen LogP contribution >= 0.6 is 11.6 Å². The number of benzene rings is 3. The van der Waals surface area contributed by atoms with Crippen molar-refractivity contribution in [3.8, 4) is 11.8 Å². The van der Waals surface area contributed by atoms with Crippen molar-refractivity contribution in [1.82, 2.24) is 35.7 Å². The van der Waals surface area contributed by atoms with E-state index < -0.39 is 24.0 Å². The number of hydrogen-bond acceptors (Lipinski definition) is 12. The molecule has 64 heavy (non-hydrogen) atoms. The summed E-state index contributed by atoms with van der Waals surface area (Å²) in [4.78, 5) is 76.4. The molecule has 4 heterocycles. The largest absolute Gasteiger partial charge is 0.391 e. The van der Waals surface area contributed by atoms with Gasteiger partial charge in [0.05, 0.1) is 23.6 Å². The lowest BCUT2D eigenvalue weighted by atomic mass is 9.91. The van der Waals surface area contributed by atoms with Crippen LogP contribution in [-0.4, -0.2) is 111 Å². The van der Waals surface area contributed by atoms with Crippen LogP contribution in [0.3, 0.4) is 0 Å². The maximum absolute atomic E-state index is 13.2. The van der Waals surface area contributed by atoms with Crippen LogP contribution in [0.25, 0.3) is 0 Å². The molecule has 8 rings (SSSR count). The van der Waals surface area contributed by atoms with Crippen LogP contribution < -0.4 is 37.2 Å². The van der Waals surface area contributed by atoms with Gasteiger partial charge in [0.15, 0.2) is 5.82 Å². The van der Waals surface area contributed by atoms with Crippen molar-refractivity contribution in [1.29, 1.82) is 0 Å². The Hall–Kier alpha value is -6.74. The standard InChI is InChI=1S/C46H50ClN11O6/c47-37-26-50-45(55-42(37)53-38-7-2-1-6-36(38)41(48)61)51-31-13-15-33(16-14-31)56-20-22-57(23-21-56)46(64)52-32-11-9-30(10-12-32)49-25-34(59)5-3-4-28-8-17-35-29(24-28)27-58(44(35)63)39-18-19-40(60)54-43(39)62/h1-2,6-8,13-17,24,26,30,32,34,39,49,59H,5,9-12,18-23,25,27H2,(H2,48,61)(H,52,64)(H,54,60,62)(H2,50,51,53,55). The molecule has 3 aromatic carbocycles. The van der Waals surface area contributed by atoms with Crippen LogP contribution in [0.4, 0.5) is 33.6 Å². The number of carbonyl (C=O) groups excluding carboxylic acids is 5. The van der Waals surface area contributed by atoms with E-state index in [0.29, 0.717) is 67.7 Å². The Bertz CT molecular complexity index is 2480. The number of nitrogens with one attached hydrogen (secondary N) is 5. The molecule has 6 amide bonds. The molecule has 0 spiro atoms. The number of hydrogen-bond donors (Lipinski definition) is 7. The summed E-state index contributed by atoms with van der Waals surface area (Å²) >= 11 is 6.35. The fraction of sp³-hybridized carbons (Fsp3) is 0.370. The molecule has 1 aromatic heterocycles. The summed E-state index contributed by atoms with van der Waals surface area (Å²) < 4.78 is 0. The topological polar surface area (TPSA) is 227 Å². The van der Waals surface area contributed by atoms with Crippen molar-refractivity contribution in [2.45, 2.75) is 75.7 Å². The molecule has 18 heteroatoms. The van der Waals surface area contributed by atoms with Crippen molar-refractivity contribution in [3.05, 3.63) is 100 Å². The van der Waals surface area contributed by atoms with Gasteiger partial charge in [-0.2, -0.15) is 4.98 Å². The summed E-state index contributed by atoms with van der Waals surface area (Å²) in [6.07, 6.45) is 5.10.